The van der Waals surface area contributed by atoms with E-state index in [9.17, 15) is 10.2 Å². The number of benzene rings is 3. The molecule has 2 atom stereocenters. The largest absolute Gasteiger partial charge is 0.508 e. The maximum absolute atomic E-state index is 10.0. The minimum absolute atomic E-state index is 0. The fourth-order valence-corrected chi connectivity index (χ4v) is 5.64. The molecular formula is C26H28ClNO4S. The lowest BCUT2D eigenvalue weighted by atomic mass is 10.00. The monoisotopic (exact) mass is 485 g/mol. The molecule has 1 saturated heterocycles. The van der Waals surface area contributed by atoms with Crippen LogP contribution >= 0.6 is 24.2 Å². The number of phenols is 2. The van der Waals surface area contributed by atoms with E-state index >= 15 is 0 Å². The first-order valence-corrected chi connectivity index (χ1v) is 11.9. The lowest BCUT2D eigenvalue weighted by molar-refractivity contribution is 0.190. The summed E-state index contributed by atoms with van der Waals surface area (Å²) < 4.78 is 12.4. The molecule has 0 aromatic heterocycles. The van der Waals surface area contributed by atoms with Crippen molar-refractivity contribution in [1.29, 1.82) is 0 Å². The van der Waals surface area contributed by atoms with Crippen molar-refractivity contribution in [3.63, 3.8) is 0 Å². The molecule has 3 aromatic carbocycles. The average Bonchev–Trinajstić information content (AvgIpc) is 3.32. The van der Waals surface area contributed by atoms with Gasteiger partial charge in [0.1, 0.15) is 35.7 Å². The first-order chi connectivity index (χ1) is 15.7. The third kappa shape index (κ3) is 5.52. The highest BCUT2D eigenvalue weighted by Crippen LogP contribution is 2.54. The third-order valence-corrected chi connectivity index (χ3v) is 7.34. The molecule has 0 radical (unpaired) electrons. The Labute approximate surface area is 204 Å². The second-order valence-electron chi connectivity index (χ2n) is 8.27. The summed E-state index contributed by atoms with van der Waals surface area (Å²) in [6.45, 7) is 4.01. The van der Waals surface area contributed by atoms with E-state index in [0.29, 0.717) is 6.61 Å². The number of halogens is 1. The lowest BCUT2D eigenvalue weighted by Gasteiger charge is -2.34. The summed E-state index contributed by atoms with van der Waals surface area (Å²) in [5.74, 6) is 2.05. The van der Waals surface area contributed by atoms with E-state index in [1.807, 2.05) is 24.3 Å². The van der Waals surface area contributed by atoms with E-state index in [-0.39, 0.29) is 35.3 Å². The molecule has 0 saturated carbocycles. The molecule has 2 aliphatic heterocycles. The van der Waals surface area contributed by atoms with E-state index in [1.165, 1.54) is 25.9 Å². The number of hydrogen-bond donors (Lipinski definition) is 2. The Morgan fingerprint density at radius 2 is 1.67 bits per heavy atom. The van der Waals surface area contributed by atoms with Gasteiger partial charge in [0.2, 0.25) is 0 Å². The zero-order valence-electron chi connectivity index (χ0n) is 18.2. The van der Waals surface area contributed by atoms with Crippen LogP contribution in [0.4, 0.5) is 0 Å². The summed E-state index contributed by atoms with van der Waals surface area (Å²) in [6, 6.07) is 20.6. The van der Waals surface area contributed by atoms with Gasteiger partial charge in [-0.3, -0.25) is 4.90 Å². The van der Waals surface area contributed by atoms with Crippen molar-refractivity contribution in [2.75, 3.05) is 26.2 Å². The Morgan fingerprint density at radius 3 is 2.42 bits per heavy atom. The normalized spacial score (nSPS) is 19.9. The van der Waals surface area contributed by atoms with Gasteiger partial charge in [0.05, 0.1) is 10.1 Å². The molecule has 0 spiro atoms. The molecule has 0 aliphatic carbocycles. The Kier molecular flexibility index (Phi) is 7.58. The van der Waals surface area contributed by atoms with Crippen LogP contribution in [0.3, 0.4) is 0 Å². The zero-order chi connectivity index (χ0) is 21.9. The van der Waals surface area contributed by atoms with Gasteiger partial charge in [-0.15, -0.1) is 24.2 Å². The summed E-state index contributed by atoms with van der Waals surface area (Å²) in [7, 11) is 0. The quantitative estimate of drug-likeness (QED) is 0.449. The van der Waals surface area contributed by atoms with E-state index in [1.54, 1.807) is 42.1 Å². The number of fused-ring (bicyclic) bond motifs is 1. The first kappa shape index (κ1) is 23.6. The number of thioether (sulfide) groups is 1. The molecule has 0 amide bonds. The second-order valence-corrected chi connectivity index (χ2v) is 9.45. The van der Waals surface area contributed by atoms with Gasteiger partial charge < -0.3 is 19.7 Å². The highest BCUT2D eigenvalue weighted by molar-refractivity contribution is 7.99. The molecule has 2 heterocycles. The van der Waals surface area contributed by atoms with Crippen LogP contribution < -0.4 is 9.47 Å². The smallest absolute Gasteiger partial charge is 0.140 e. The summed E-state index contributed by atoms with van der Waals surface area (Å²) in [6.07, 6.45) is 2.34. The van der Waals surface area contributed by atoms with Crippen LogP contribution in [-0.2, 0) is 0 Å². The Bertz CT molecular complexity index is 1070. The number of phenolic OH excluding ortho intramolecular Hbond substituents is 2. The highest BCUT2D eigenvalue weighted by Gasteiger charge is 2.34. The number of nitrogens with zero attached hydrogens (tertiary/aromatic N) is 1. The van der Waals surface area contributed by atoms with E-state index in [2.05, 4.69) is 17.0 Å². The minimum Gasteiger partial charge on any atom is -0.508 e. The highest BCUT2D eigenvalue weighted by atomic mass is 35.5. The third-order valence-electron chi connectivity index (χ3n) is 5.99. The van der Waals surface area contributed by atoms with Gasteiger partial charge in [-0.1, -0.05) is 24.3 Å². The van der Waals surface area contributed by atoms with Crippen LogP contribution in [-0.4, -0.2) is 41.4 Å². The van der Waals surface area contributed by atoms with E-state index < -0.39 is 0 Å². The molecule has 2 aliphatic rings. The number of aromatic hydroxyl groups is 2. The fourth-order valence-electron chi connectivity index (χ4n) is 4.32. The first-order valence-electron chi connectivity index (χ1n) is 11.1. The summed E-state index contributed by atoms with van der Waals surface area (Å²) in [5.41, 5.74) is 2.01. The van der Waals surface area contributed by atoms with Crippen LogP contribution in [0.15, 0.2) is 71.6 Å². The molecule has 174 valence electrons. The van der Waals surface area contributed by atoms with Gasteiger partial charge in [-0.05, 0) is 79.5 Å². The molecule has 5 nitrogen and oxygen atoms in total. The van der Waals surface area contributed by atoms with Crippen LogP contribution in [0.5, 0.6) is 23.0 Å². The van der Waals surface area contributed by atoms with Gasteiger partial charge in [0.25, 0.3) is 0 Å². The number of likely N-dealkylation sites (tertiary alicyclic amines) is 1. The van der Waals surface area contributed by atoms with Gasteiger partial charge in [-0.25, -0.2) is 0 Å². The van der Waals surface area contributed by atoms with E-state index in [4.69, 9.17) is 9.47 Å². The number of ether oxygens (including phenoxy) is 2. The molecule has 7 heteroatoms. The van der Waals surface area contributed by atoms with Crippen molar-refractivity contribution in [2.45, 2.75) is 29.1 Å². The molecule has 5 rings (SSSR count). The second kappa shape index (κ2) is 10.6. The summed E-state index contributed by atoms with van der Waals surface area (Å²) in [5, 5.41) is 19.9. The predicted molar refractivity (Wildman–Crippen MR) is 133 cm³/mol. The average molecular weight is 486 g/mol. The van der Waals surface area contributed by atoms with Crippen molar-refractivity contribution in [3.8, 4) is 23.0 Å². The molecule has 1 fully saturated rings. The maximum Gasteiger partial charge on any atom is 0.140 e. The molecular weight excluding hydrogens is 458 g/mol. The van der Waals surface area contributed by atoms with Crippen LogP contribution in [0.1, 0.15) is 35.3 Å². The van der Waals surface area contributed by atoms with Crippen molar-refractivity contribution in [1.82, 2.24) is 4.90 Å². The fraction of sp³-hybridized carbons (Fsp3) is 0.308. The molecule has 3 aromatic rings. The predicted octanol–water partition coefficient (Wildman–Crippen LogP) is 5.96. The van der Waals surface area contributed by atoms with Crippen LogP contribution in [0, 0.1) is 0 Å². The van der Waals surface area contributed by atoms with Crippen molar-refractivity contribution in [3.05, 3.63) is 77.9 Å². The SMILES string of the molecule is Cl.Oc1cccc([C@H]2Sc3cc(O)ccc3O[C@H]2c2ccc(OCCN3CCCC3)cc2)c1. The number of hydrogen-bond acceptors (Lipinski definition) is 6. The zero-order valence-corrected chi connectivity index (χ0v) is 19.9. The van der Waals surface area contributed by atoms with Gasteiger partial charge in [0.15, 0.2) is 0 Å². The molecule has 33 heavy (non-hydrogen) atoms. The van der Waals surface area contributed by atoms with Gasteiger partial charge in [-0.2, -0.15) is 0 Å². The summed E-state index contributed by atoms with van der Waals surface area (Å²) >= 11 is 1.64. The van der Waals surface area contributed by atoms with Crippen LogP contribution in [0.2, 0.25) is 0 Å². The van der Waals surface area contributed by atoms with Crippen molar-refractivity contribution in [2.24, 2.45) is 0 Å². The Hall–Kier alpha value is -2.54. The lowest BCUT2D eigenvalue weighted by Crippen LogP contribution is -2.25. The topological polar surface area (TPSA) is 62.2 Å². The Morgan fingerprint density at radius 1 is 0.909 bits per heavy atom. The minimum atomic E-state index is -0.238. The molecule has 2 N–H and O–H groups in total. The standard InChI is InChI=1S/C26H27NO4S.ClH/c28-20-5-3-4-19(16-20)26-25(31-23-11-8-21(29)17-24(23)32-26)18-6-9-22(10-7-18)30-15-14-27-12-1-2-13-27;/h3-11,16-17,25-26,28-29H,1-2,12-15H2;1H/t25-,26+;/m0./s1. The van der Waals surface area contributed by atoms with Crippen LogP contribution in [0.25, 0.3) is 0 Å². The van der Waals surface area contributed by atoms with Crippen molar-refractivity contribution < 1.29 is 19.7 Å². The van der Waals surface area contributed by atoms with Gasteiger partial charge >= 0.3 is 0 Å². The van der Waals surface area contributed by atoms with Gasteiger partial charge in [0, 0.05) is 6.54 Å². The molecule has 0 bridgehead atoms. The summed E-state index contributed by atoms with van der Waals surface area (Å²) in [4.78, 5) is 3.33. The van der Waals surface area contributed by atoms with E-state index in [0.717, 1.165) is 34.1 Å². The maximum atomic E-state index is 10.0. The molecule has 0 unspecified atom stereocenters. The number of rotatable bonds is 6. The Balaban J connectivity index is 0.00000259. The van der Waals surface area contributed by atoms with Crippen molar-refractivity contribution >= 4 is 24.2 Å².